The molecule has 2 aromatic rings. The molecule has 2 aromatic carbocycles. The highest BCUT2D eigenvalue weighted by Crippen LogP contribution is 2.20. The van der Waals surface area contributed by atoms with Crippen LogP contribution in [0.25, 0.3) is 0 Å². The van der Waals surface area contributed by atoms with Crippen molar-refractivity contribution in [1.29, 1.82) is 0 Å². The van der Waals surface area contributed by atoms with Gasteiger partial charge in [0.1, 0.15) is 5.82 Å². The van der Waals surface area contributed by atoms with Gasteiger partial charge in [-0.15, -0.1) is 0 Å². The van der Waals surface area contributed by atoms with E-state index in [4.69, 9.17) is 9.84 Å². The Kier molecular flexibility index (Phi) is 5.47. The predicted molar refractivity (Wildman–Crippen MR) is 83.0 cm³/mol. The van der Waals surface area contributed by atoms with Gasteiger partial charge in [-0.3, -0.25) is 9.59 Å². The molecule has 0 saturated heterocycles. The van der Waals surface area contributed by atoms with E-state index in [0.717, 1.165) is 12.1 Å². The molecule has 0 aliphatic carbocycles. The highest BCUT2D eigenvalue weighted by Gasteiger charge is 2.14. The van der Waals surface area contributed by atoms with E-state index in [1.165, 1.54) is 13.0 Å². The van der Waals surface area contributed by atoms with E-state index in [1.807, 2.05) is 0 Å². The Labute approximate surface area is 136 Å². The fourth-order valence-electron chi connectivity index (χ4n) is 1.96. The summed E-state index contributed by atoms with van der Waals surface area (Å²) in [5, 5.41) is 11.5. The zero-order chi connectivity index (χ0) is 17.7. The smallest absolute Gasteiger partial charge is 0.310 e. The molecule has 0 saturated carbocycles. The normalized spacial score (nSPS) is 11.6. The van der Waals surface area contributed by atoms with Crippen molar-refractivity contribution in [2.45, 2.75) is 12.8 Å². The van der Waals surface area contributed by atoms with Crippen LogP contribution in [0.4, 0.5) is 14.5 Å². The van der Waals surface area contributed by atoms with Gasteiger partial charge in [-0.1, -0.05) is 12.1 Å². The van der Waals surface area contributed by atoms with Crippen LogP contribution in [-0.4, -0.2) is 23.6 Å². The summed E-state index contributed by atoms with van der Waals surface area (Å²) >= 11 is 0. The first-order valence-corrected chi connectivity index (χ1v) is 7.07. The molecule has 5 nitrogen and oxygen atoms in total. The van der Waals surface area contributed by atoms with Crippen LogP contribution in [0.15, 0.2) is 42.5 Å². The number of rotatable bonds is 6. The van der Waals surface area contributed by atoms with Gasteiger partial charge >= 0.3 is 5.97 Å². The minimum absolute atomic E-state index is 0.236. The molecule has 1 amide bonds. The summed E-state index contributed by atoms with van der Waals surface area (Å²) in [6.45, 7) is 1.06. The zero-order valence-electron chi connectivity index (χ0n) is 12.8. The fourth-order valence-corrected chi connectivity index (χ4v) is 1.96. The molecule has 2 rings (SSSR count). The molecule has 126 valence electrons. The number of ether oxygens (including phenoxy) is 1. The van der Waals surface area contributed by atoms with E-state index in [9.17, 15) is 18.4 Å². The van der Waals surface area contributed by atoms with Crippen LogP contribution in [0, 0.1) is 11.6 Å². The molecule has 1 atom stereocenters. The molecule has 0 aromatic heterocycles. The Bertz CT molecular complexity index is 764. The number of anilines is 1. The van der Waals surface area contributed by atoms with Gasteiger partial charge in [-0.2, -0.15) is 0 Å². The van der Waals surface area contributed by atoms with Crippen molar-refractivity contribution in [1.82, 2.24) is 0 Å². The summed E-state index contributed by atoms with van der Waals surface area (Å²) in [7, 11) is 0. The van der Waals surface area contributed by atoms with Crippen molar-refractivity contribution in [3.63, 3.8) is 0 Å². The fraction of sp³-hybridized carbons (Fsp3) is 0.176. The largest absolute Gasteiger partial charge is 0.481 e. The summed E-state index contributed by atoms with van der Waals surface area (Å²) in [4.78, 5) is 22.8. The second-order valence-electron chi connectivity index (χ2n) is 5.10. The van der Waals surface area contributed by atoms with E-state index >= 15 is 0 Å². The van der Waals surface area contributed by atoms with E-state index in [2.05, 4.69) is 5.32 Å². The summed E-state index contributed by atoms with van der Waals surface area (Å²) in [5.41, 5.74) is 0.930. The Morgan fingerprint density at radius 1 is 1.21 bits per heavy atom. The number of nitrogens with one attached hydrogen (secondary N) is 1. The van der Waals surface area contributed by atoms with E-state index < -0.39 is 36.0 Å². The molecule has 0 aliphatic heterocycles. The average Bonchev–Trinajstić information content (AvgIpc) is 2.53. The van der Waals surface area contributed by atoms with Crippen LogP contribution in [0.1, 0.15) is 18.4 Å². The van der Waals surface area contributed by atoms with Gasteiger partial charge in [-0.05, 0) is 36.8 Å². The molecule has 0 heterocycles. The number of benzene rings is 2. The quantitative estimate of drug-likeness (QED) is 0.850. The first-order valence-electron chi connectivity index (χ1n) is 7.07. The molecular weight excluding hydrogens is 320 g/mol. The monoisotopic (exact) mass is 335 g/mol. The second-order valence-corrected chi connectivity index (χ2v) is 5.10. The van der Waals surface area contributed by atoms with Crippen LogP contribution in [-0.2, 0) is 9.59 Å². The third kappa shape index (κ3) is 4.52. The Hall–Kier alpha value is -2.96. The molecule has 0 aliphatic rings. The molecule has 0 radical (unpaired) electrons. The number of carboxylic acids is 1. The van der Waals surface area contributed by atoms with Crippen molar-refractivity contribution in [2.75, 3.05) is 11.9 Å². The van der Waals surface area contributed by atoms with Gasteiger partial charge in [0.15, 0.2) is 18.2 Å². The lowest BCUT2D eigenvalue weighted by Crippen LogP contribution is -2.20. The minimum Gasteiger partial charge on any atom is -0.481 e. The lowest BCUT2D eigenvalue weighted by Gasteiger charge is -2.11. The van der Waals surface area contributed by atoms with Crippen molar-refractivity contribution in [3.8, 4) is 5.75 Å². The van der Waals surface area contributed by atoms with Crippen molar-refractivity contribution in [3.05, 3.63) is 59.7 Å². The molecule has 7 heteroatoms. The predicted octanol–water partition coefficient (Wildman–Crippen LogP) is 3.17. The highest BCUT2D eigenvalue weighted by atomic mass is 19.1. The van der Waals surface area contributed by atoms with E-state index in [-0.39, 0.29) is 5.75 Å². The van der Waals surface area contributed by atoms with Gasteiger partial charge < -0.3 is 15.2 Å². The molecule has 24 heavy (non-hydrogen) atoms. The highest BCUT2D eigenvalue weighted by molar-refractivity contribution is 5.92. The Balaban J connectivity index is 1.97. The SMILES string of the molecule is CC(C(=O)O)c1cccc(NC(=O)COc2ccc(F)cc2F)c1. The van der Waals surface area contributed by atoms with E-state index in [1.54, 1.807) is 18.2 Å². The third-order valence-corrected chi connectivity index (χ3v) is 3.29. The lowest BCUT2D eigenvalue weighted by molar-refractivity contribution is -0.138. The van der Waals surface area contributed by atoms with Crippen molar-refractivity contribution >= 4 is 17.6 Å². The van der Waals surface area contributed by atoms with E-state index in [0.29, 0.717) is 17.3 Å². The van der Waals surface area contributed by atoms with Gasteiger partial charge in [0.2, 0.25) is 0 Å². The molecule has 2 N–H and O–H groups in total. The number of aliphatic carboxylic acids is 1. The molecule has 1 unspecified atom stereocenters. The Morgan fingerprint density at radius 3 is 2.62 bits per heavy atom. The minimum atomic E-state index is -0.978. The molecule has 0 spiro atoms. The van der Waals surface area contributed by atoms with Crippen LogP contribution in [0.3, 0.4) is 0 Å². The standard InChI is InChI=1S/C17H15F2NO4/c1-10(17(22)23)11-3-2-4-13(7-11)20-16(21)9-24-15-6-5-12(18)8-14(15)19/h2-8,10H,9H2,1H3,(H,20,21)(H,22,23). The van der Waals surface area contributed by atoms with Gasteiger partial charge in [-0.25, -0.2) is 8.78 Å². The number of carboxylic acid groups (broad SMARTS) is 1. The van der Waals surface area contributed by atoms with Crippen LogP contribution < -0.4 is 10.1 Å². The number of hydrogen-bond acceptors (Lipinski definition) is 3. The summed E-state index contributed by atoms with van der Waals surface area (Å²) in [6.07, 6.45) is 0. The summed E-state index contributed by atoms with van der Waals surface area (Å²) in [5.74, 6) is -4.13. The van der Waals surface area contributed by atoms with Crippen molar-refractivity contribution < 1.29 is 28.2 Å². The number of carbonyl (C=O) groups excluding carboxylic acids is 1. The van der Waals surface area contributed by atoms with Crippen LogP contribution in [0.5, 0.6) is 5.75 Å². The first kappa shape index (κ1) is 17.4. The number of carbonyl (C=O) groups is 2. The number of hydrogen-bond donors (Lipinski definition) is 2. The summed E-state index contributed by atoms with van der Waals surface area (Å²) < 4.78 is 31.2. The van der Waals surface area contributed by atoms with Gasteiger partial charge in [0.25, 0.3) is 5.91 Å². The van der Waals surface area contributed by atoms with Crippen LogP contribution in [0.2, 0.25) is 0 Å². The van der Waals surface area contributed by atoms with Gasteiger partial charge in [0, 0.05) is 11.8 Å². The number of halogens is 2. The second kappa shape index (κ2) is 7.54. The maximum absolute atomic E-state index is 13.4. The van der Waals surface area contributed by atoms with Crippen LogP contribution >= 0.6 is 0 Å². The molecular formula is C17H15F2NO4. The topological polar surface area (TPSA) is 75.6 Å². The molecule has 0 bridgehead atoms. The Morgan fingerprint density at radius 2 is 1.96 bits per heavy atom. The lowest BCUT2D eigenvalue weighted by atomic mass is 10.0. The summed E-state index contributed by atoms with van der Waals surface area (Å²) in [6, 6.07) is 9.15. The zero-order valence-corrected chi connectivity index (χ0v) is 12.8. The third-order valence-electron chi connectivity index (χ3n) is 3.29. The maximum Gasteiger partial charge on any atom is 0.310 e. The average molecular weight is 335 g/mol. The first-order chi connectivity index (χ1) is 11.4. The molecule has 0 fully saturated rings. The maximum atomic E-state index is 13.4. The van der Waals surface area contributed by atoms with Gasteiger partial charge in [0.05, 0.1) is 5.92 Å². The van der Waals surface area contributed by atoms with Crippen molar-refractivity contribution in [2.24, 2.45) is 0 Å². The number of amides is 1.